The van der Waals surface area contributed by atoms with E-state index in [1.54, 1.807) is 0 Å². The van der Waals surface area contributed by atoms with Crippen LogP contribution in [0.15, 0.2) is 24.5 Å². The van der Waals surface area contributed by atoms with Gasteiger partial charge in [0.25, 0.3) is 0 Å². The molecular formula is C16H20N2. The minimum absolute atomic E-state index is 0.109. The molecule has 3 rings (SSSR count). The minimum atomic E-state index is 0.109. The molecule has 0 fully saturated rings. The third-order valence-corrected chi connectivity index (χ3v) is 3.69. The Kier molecular flexibility index (Phi) is 2.37. The van der Waals surface area contributed by atoms with Gasteiger partial charge in [0.1, 0.15) is 0 Å². The van der Waals surface area contributed by atoms with Crippen molar-refractivity contribution in [2.75, 3.05) is 0 Å². The summed E-state index contributed by atoms with van der Waals surface area (Å²) in [5, 5.41) is 1.28. The van der Waals surface area contributed by atoms with Crippen LogP contribution in [0.25, 0.3) is 17.0 Å². The largest absolute Gasteiger partial charge is 0.339 e. The molecule has 2 aromatic heterocycles. The predicted octanol–water partition coefficient (Wildman–Crippen LogP) is 4.00. The summed E-state index contributed by atoms with van der Waals surface area (Å²) in [5.41, 5.74) is 4.24. The Morgan fingerprint density at radius 1 is 1.33 bits per heavy atom. The second-order valence-electron chi connectivity index (χ2n) is 6.30. The van der Waals surface area contributed by atoms with E-state index in [1.807, 2.05) is 12.4 Å². The van der Waals surface area contributed by atoms with Gasteiger partial charge < -0.3 is 4.57 Å². The number of hydrogen-bond donors (Lipinski definition) is 0. The molecule has 1 aliphatic rings. The van der Waals surface area contributed by atoms with Crippen molar-refractivity contribution < 1.29 is 0 Å². The van der Waals surface area contributed by atoms with Gasteiger partial charge in [0, 0.05) is 34.6 Å². The van der Waals surface area contributed by atoms with Crippen LogP contribution in [0.4, 0.5) is 0 Å². The average molecular weight is 240 g/mol. The summed E-state index contributed by atoms with van der Waals surface area (Å²) in [6, 6.07) is 2.14. The molecule has 94 valence electrons. The number of fused-ring (bicyclic) bond motifs is 3. The number of nitrogens with zero attached hydrogens (tertiary/aromatic N) is 2. The molecular weight excluding hydrogens is 220 g/mol. The predicted molar refractivity (Wildman–Crippen MR) is 76.6 cm³/mol. The summed E-state index contributed by atoms with van der Waals surface area (Å²) >= 11 is 0. The number of allylic oxidation sites excluding steroid dienone is 1. The lowest BCUT2D eigenvalue weighted by molar-refractivity contribution is 0.393. The van der Waals surface area contributed by atoms with Crippen molar-refractivity contribution in [2.45, 2.75) is 39.7 Å². The van der Waals surface area contributed by atoms with Crippen molar-refractivity contribution in [1.29, 1.82) is 0 Å². The zero-order valence-corrected chi connectivity index (χ0v) is 11.6. The molecule has 0 saturated heterocycles. The van der Waals surface area contributed by atoms with Gasteiger partial charge >= 0.3 is 0 Å². The zero-order valence-electron chi connectivity index (χ0n) is 11.6. The van der Waals surface area contributed by atoms with E-state index < -0.39 is 0 Å². The van der Waals surface area contributed by atoms with Gasteiger partial charge in [-0.15, -0.1) is 0 Å². The van der Waals surface area contributed by atoms with Crippen molar-refractivity contribution >= 4 is 17.0 Å². The van der Waals surface area contributed by atoms with Crippen LogP contribution >= 0.6 is 0 Å². The fraction of sp³-hybridized carbons (Fsp3) is 0.438. The van der Waals surface area contributed by atoms with E-state index in [4.69, 9.17) is 0 Å². The first-order chi connectivity index (χ1) is 8.48. The minimum Gasteiger partial charge on any atom is -0.339 e. The Morgan fingerprint density at radius 3 is 2.83 bits per heavy atom. The van der Waals surface area contributed by atoms with Crippen molar-refractivity contribution in [3.8, 4) is 0 Å². The van der Waals surface area contributed by atoms with Gasteiger partial charge in [-0.1, -0.05) is 19.1 Å². The van der Waals surface area contributed by atoms with Crippen LogP contribution in [0, 0.1) is 5.92 Å². The van der Waals surface area contributed by atoms with Crippen LogP contribution in [0.3, 0.4) is 0 Å². The Labute approximate surface area is 108 Å². The highest BCUT2D eigenvalue weighted by Crippen LogP contribution is 2.36. The highest BCUT2D eigenvalue weighted by Gasteiger charge is 2.25. The highest BCUT2D eigenvalue weighted by atomic mass is 15.1. The van der Waals surface area contributed by atoms with E-state index >= 15 is 0 Å². The van der Waals surface area contributed by atoms with Crippen LogP contribution in [-0.2, 0) is 12.0 Å². The Balaban J connectivity index is 2.41. The second kappa shape index (κ2) is 3.71. The first kappa shape index (κ1) is 11.5. The number of aromatic nitrogens is 2. The Morgan fingerprint density at radius 2 is 2.11 bits per heavy atom. The van der Waals surface area contributed by atoms with Gasteiger partial charge in [0.05, 0.1) is 5.52 Å². The second-order valence-corrected chi connectivity index (χ2v) is 6.30. The topological polar surface area (TPSA) is 17.8 Å². The van der Waals surface area contributed by atoms with Crippen LogP contribution in [-0.4, -0.2) is 9.55 Å². The summed E-state index contributed by atoms with van der Waals surface area (Å²) in [6.07, 6.45) is 9.59. The SMILES string of the molecule is CC1C=Cc2c(n(C(C)(C)C)c3ccncc23)C1. The molecule has 1 unspecified atom stereocenters. The summed E-state index contributed by atoms with van der Waals surface area (Å²) in [4.78, 5) is 4.29. The standard InChI is InChI=1S/C16H20N2/c1-11-5-6-12-13-10-17-8-7-14(13)18(15(12)9-11)16(2,3)4/h5-8,10-11H,9H2,1-4H3. The smallest absolute Gasteiger partial charge is 0.0524 e. The summed E-state index contributed by atoms with van der Waals surface area (Å²) in [6.45, 7) is 9.10. The molecule has 2 heteroatoms. The zero-order chi connectivity index (χ0) is 12.9. The third-order valence-electron chi connectivity index (χ3n) is 3.69. The van der Waals surface area contributed by atoms with Gasteiger partial charge in [-0.25, -0.2) is 0 Å². The van der Waals surface area contributed by atoms with Crippen molar-refractivity contribution in [1.82, 2.24) is 9.55 Å². The van der Waals surface area contributed by atoms with E-state index in [0.717, 1.165) is 6.42 Å². The summed E-state index contributed by atoms with van der Waals surface area (Å²) in [5.74, 6) is 0.621. The van der Waals surface area contributed by atoms with Crippen LogP contribution in [0.5, 0.6) is 0 Å². The van der Waals surface area contributed by atoms with Crippen LogP contribution in [0.2, 0.25) is 0 Å². The molecule has 0 radical (unpaired) electrons. The van der Waals surface area contributed by atoms with Crippen molar-refractivity contribution in [3.05, 3.63) is 35.8 Å². The molecule has 0 spiro atoms. The maximum Gasteiger partial charge on any atom is 0.0524 e. The lowest BCUT2D eigenvalue weighted by atomic mass is 9.94. The monoisotopic (exact) mass is 240 g/mol. The van der Waals surface area contributed by atoms with E-state index in [9.17, 15) is 0 Å². The van der Waals surface area contributed by atoms with Crippen molar-refractivity contribution in [2.24, 2.45) is 5.92 Å². The molecule has 2 heterocycles. The quantitative estimate of drug-likeness (QED) is 0.680. The molecule has 0 bridgehead atoms. The lowest BCUT2D eigenvalue weighted by Crippen LogP contribution is -2.25. The fourth-order valence-corrected chi connectivity index (χ4v) is 3.00. The van der Waals surface area contributed by atoms with Gasteiger partial charge in [0.2, 0.25) is 0 Å². The van der Waals surface area contributed by atoms with E-state index in [0.29, 0.717) is 5.92 Å². The number of hydrogen-bond acceptors (Lipinski definition) is 1. The molecule has 1 atom stereocenters. The first-order valence-corrected chi connectivity index (χ1v) is 6.64. The maximum absolute atomic E-state index is 4.29. The van der Waals surface area contributed by atoms with Gasteiger partial charge in [0.15, 0.2) is 0 Å². The normalized spacial score (nSPS) is 19.2. The van der Waals surface area contributed by atoms with E-state index in [1.165, 1.54) is 22.2 Å². The summed E-state index contributed by atoms with van der Waals surface area (Å²) in [7, 11) is 0. The van der Waals surface area contributed by atoms with Gasteiger partial charge in [-0.3, -0.25) is 4.98 Å². The van der Waals surface area contributed by atoms with Crippen molar-refractivity contribution in [3.63, 3.8) is 0 Å². The third kappa shape index (κ3) is 1.59. The van der Waals surface area contributed by atoms with Crippen LogP contribution < -0.4 is 0 Å². The molecule has 0 aromatic carbocycles. The number of pyridine rings is 1. The highest BCUT2D eigenvalue weighted by molar-refractivity contribution is 5.91. The molecule has 0 N–H and O–H groups in total. The summed E-state index contributed by atoms with van der Waals surface area (Å²) < 4.78 is 2.49. The van der Waals surface area contributed by atoms with Gasteiger partial charge in [-0.2, -0.15) is 0 Å². The van der Waals surface area contributed by atoms with E-state index in [-0.39, 0.29) is 5.54 Å². The molecule has 0 saturated carbocycles. The molecule has 1 aliphatic carbocycles. The lowest BCUT2D eigenvalue weighted by Gasteiger charge is -2.27. The number of rotatable bonds is 0. The molecule has 0 amide bonds. The fourth-order valence-electron chi connectivity index (χ4n) is 3.00. The average Bonchev–Trinajstić information content (AvgIpc) is 2.61. The molecule has 2 aromatic rings. The van der Waals surface area contributed by atoms with Crippen LogP contribution in [0.1, 0.15) is 39.0 Å². The van der Waals surface area contributed by atoms with Gasteiger partial charge in [-0.05, 0) is 39.2 Å². The first-order valence-electron chi connectivity index (χ1n) is 6.64. The maximum atomic E-state index is 4.29. The Bertz CT molecular complexity index is 626. The molecule has 0 aliphatic heterocycles. The molecule has 2 nitrogen and oxygen atoms in total. The van der Waals surface area contributed by atoms with E-state index in [2.05, 4.69) is 55.5 Å². The molecule has 18 heavy (non-hydrogen) atoms. The Hall–Kier alpha value is -1.57.